The number of hydrogen-bond acceptors (Lipinski definition) is 9. The Labute approximate surface area is 333 Å². The molecule has 0 N–H and O–H groups in total. The van der Waals surface area contributed by atoms with Gasteiger partial charge in [0.2, 0.25) is 5.91 Å². The molecule has 1 fully saturated rings. The van der Waals surface area contributed by atoms with Gasteiger partial charge >= 0.3 is 0 Å². The van der Waals surface area contributed by atoms with Crippen LogP contribution in [0.15, 0.2) is 47.6 Å². The highest BCUT2D eigenvalue weighted by Crippen LogP contribution is 2.50. The first-order chi connectivity index (χ1) is 24.0. The molecule has 6 nitrogen and oxygen atoms in total. The molecule has 12 heteroatoms. The third-order valence-corrected chi connectivity index (χ3v) is 19.8. The summed E-state index contributed by atoms with van der Waals surface area (Å²) in [5.41, 5.74) is 3.85. The van der Waals surface area contributed by atoms with Crippen LogP contribution in [0.1, 0.15) is 66.4 Å². The zero-order valence-corrected chi connectivity index (χ0v) is 37.8. The summed E-state index contributed by atoms with van der Waals surface area (Å²) in [5, 5.41) is 0.383. The number of nitrogens with zero attached hydrogens (tertiary/aromatic N) is 1. The van der Waals surface area contributed by atoms with Crippen molar-refractivity contribution in [3.05, 3.63) is 58.2 Å². The number of allylic oxidation sites excluding steroid dienone is 3. The first kappa shape index (κ1) is 44.9. The molecule has 2 heterocycles. The Bertz CT molecular complexity index is 1390. The van der Waals surface area contributed by atoms with Crippen molar-refractivity contribution in [2.24, 2.45) is 5.92 Å². The lowest BCUT2D eigenvalue weighted by atomic mass is 9.93. The Hall–Kier alpha value is -0.503. The number of anilines is 1. The first-order valence-corrected chi connectivity index (χ1v) is 25.0. The second kappa shape index (κ2) is 20.4. The summed E-state index contributed by atoms with van der Waals surface area (Å²) < 4.78 is 25.6. The van der Waals surface area contributed by atoms with Gasteiger partial charge in [0.15, 0.2) is 8.32 Å². The van der Waals surface area contributed by atoms with Crippen molar-refractivity contribution in [3.63, 3.8) is 0 Å². The van der Waals surface area contributed by atoms with Crippen LogP contribution in [0.5, 0.6) is 5.75 Å². The highest BCUT2D eigenvalue weighted by Gasteiger charge is 2.44. The Morgan fingerprint density at radius 3 is 2.45 bits per heavy atom. The average Bonchev–Trinajstić information content (AvgIpc) is 3.07. The van der Waals surface area contributed by atoms with E-state index in [9.17, 15) is 4.79 Å². The minimum atomic E-state index is -2.27. The highest BCUT2D eigenvalue weighted by atomic mass is 35.5. The van der Waals surface area contributed by atoms with Crippen LogP contribution in [0, 0.1) is 5.92 Å². The van der Waals surface area contributed by atoms with Gasteiger partial charge < -0.3 is 23.5 Å². The Kier molecular flexibility index (Phi) is 18.0. The standard InChI is InChI=1S/C39H62ClNO5S4Si/c1-27-14-12-15-35(44-9)39(49-17-13-18-50-39)25-34(45-26-48-19-16-47)29(3)21-28(2)32(46-51(10,11)38(4,5)6)24-36(42)41(7)31-22-30(20-27)23-33(43-8)37(31)40/h12,14-15,21-23,29,32,34-35,47H,13,16-20,24-26H2,1-11H3/b15-12+,27-14+,28-21+/t29-,32-,34-,35+/m0/s1. The van der Waals surface area contributed by atoms with Gasteiger partial charge in [-0.3, -0.25) is 4.79 Å². The van der Waals surface area contributed by atoms with Crippen LogP contribution in [-0.2, 0) is 25.1 Å². The molecule has 1 saturated heterocycles. The summed E-state index contributed by atoms with van der Waals surface area (Å²) in [6.45, 7) is 17.7. The Morgan fingerprint density at radius 1 is 1.16 bits per heavy atom. The number of carbonyl (C=O) groups excluding carboxylic acids is 1. The number of rotatable bonds is 9. The van der Waals surface area contributed by atoms with Crippen molar-refractivity contribution < 1.29 is 23.4 Å². The summed E-state index contributed by atoms with van der Waals surface area (Å²) >= 11 is 17.1. The molecule has 0 saturated carbocycles. The molecule has 0 aromatic heterocycles. The normalized spacial score (nSPS) is 27.1. The lowest BCUT2D eigenvalue weighted by molar-refractivity contribution is -0.119. The van der Waals surface area contributed by atoms with Crippen LogP contribution < -0.4 is 9.64 Å². The van der Waals surface area contributed by atoms with E-state index in [0.717, 1.165) is 40.6 Å². The molecule has 2 aliphatic heterocycles. The number of hydrogen-bond donors (Lipinski definition) is 1. The van der Waals surface area contributed by atoms with E-state index in [1.54, 1.807) is 30.8 Å². The van der Waals surface area contributed by atoms with E-state index >= 15 is 0 Å². The number of methoxy groups -OCH3 is 2. The number of benzene rings is 1. The fraction of sp³-hybridized carbons (Fsp3) is 0.667. The van der Waals surface area contributed by atoms with Crippen LogP contribution in [0.25, 0.3) is 0 Å². The molecule has 2 bridgehead atoms. The SMILES string of the molecule is COc1cc2cc(c1Cl)N(C)C(=O)C[C@H](O[Si](C)(C)C(C)(C)C)/C(C)=C/[C@H](C)[C@@H](OCSCCS)CC1(SCCCS1)[C@H](OC)/C=C/C=C(\C)C2. The predicted molar refractivity (Wildman–Crippen MR) is 231 cm³/mol. The monoisotopic (exact) mass is 815 g/mol. The lowest BCUT2D eigenvalue weighted by Gasteiger charge is -2.43. The maximum Gasteiger partial charge on any atom is 0.229 e. The minimum absolute atomic E-state index is 0.0326. The average molecular weight is 817 g/mol. The number of ether oxygens (including phenoxy) is 3. The number of thiol groups is 1. The van der Waals surface area contributed by atoms with E-state index in [-0.39, 0.29) is 39.6 Å². The Morgan fingerprint density at radius 2 is 1.84 bits per heavy atom. The molecule has 4 atom stereocenters. The summed E-state index contributed by atoms with van der Waals surface area (Å²) in [6.07, 6.45) is 11.1. The lowest BCUT2D eigenvalue weighted by Crippen LogP contribution is -2.46. The van der Waals surface area contributed by atoms with Crippen molar-refractivity contribution in [1.82, 2.24) is 0 Å². The summed E-state index contributed by atoms with van der Waals surface area (Å²) in [4.78, 5) is 15.9. The molecule has 0 radical (unpaired) electrons. The van der Waals surface area contributed by atoms with Crippen LogP contribution in [0.4, 0.5) is 5.69 Å². The van der Waals surface area contributed by atoms with Crippen molar-refractivity contribution in [2.45, 2.75) is 108 Å². The largest absolute Gasteiger partial charge is 0.495 e. The molecular weight excluding hydrogens is 754 g/mol. The second-order valence-corrected chi connectivity index (χ2v) is 24.9. The zero-order chi connectivity index (χ0) is 38.0. The molecule has 1 aromatic rings. The quantitative estimate of drug-likeness (QED) is 0.0870. The fourth-order valence-electron chi connectivity index (χ4n) is 6.05. The van der Waals surface area contributed by atoms with Crippen LogP contribution in [0.3, 0.4) is 0 Å². The molecule has 2 aliphatic rings. The highest BCUT2D eigenvalue weighted by molar-refractivity contribution is 8.18. The van der Waals surface area contributed by atoms with Gasteiger partial charge in [0, 0.05) is 32.2 Å². The van der Waals surface area contributed by atoms with Crippen LogP contribution >= 0.6 is 59.5 Å². The minimum Gasteiger partial charge on any atom is -0.495 e. The van der Waals surface area contributed by atoms with Crippen molar-refractivity contribution in [1.29, 1.82) is 0 Å². The topological polar surface area (TPSA) is 57.2 Å². The van der Waals surface area contributed by atoms with Gasteiger partial charge in [0.25, 0.3) is 0 Å². The van der Waals surface area contributed by atoms with Gasteiger partial charge in [0.1, 0.15) is 10.8 Å². The molecule has 51 heavy (non-hydrogen) atoms. The number of amides is 1. The fourth-order valence-corrected chi connectivity index (χ4v) is 12.1. The molecule has 288 valence electrons. The van der Waals surface area contributed by atoms with E-state index < -0.39 is 14.4 Å². The predicted octanol–water partition coefficient (Wildman–Crippen LogP) is 10.7. The van der Waals surface area contributed by atoms with Gasteiger partial charge in [-0.1, -0.05) is 69.2 Å². The van der Waals surface area contributed by atoms with Gasteiger partial charge in [-0.2, -0.15) is 12.6 Å². The van der Waals surface area contributed by atoms with E-state index in [1.165, 1.54) is 12.0 Å². The maximum absolute atomic E-state index is 14.2. The molecule has 3 rings (SSSR count). The number of thioether (sulfide) groups is 3. The van der Waals surface area contributed by atoms with Gasteiger partial charge in [-0.05, 0) is 85.3 Å². The first-order valence-electron chi connectivity index (χ1n) is 17.9. The molecular formula is C39H62ClNO5S4Si. The number of fused-ring (bicyclic) bond motifs is 2. The van der Waals surface area contributed by atoms with Gasteiger partial charge in [-0.25, -0.2) is 0 Å². The number of carbonyl (C=O) groups is 1. The molecule has 1 amide bonds. The van der Waals surface area contributed by atoms with E-state index in [1.807, 2.05) is 42.8 Å². The van der Waals surface area contributed by atoms with Crippen LogP contribution in [-0.4, -0.2) is 86.8 Å². The van der Waals surface area contributed by atoms with Gasteiger partial charge in [-0.15, -0.1) is 35.3 Å². The Balaban J connectivity index is 2.21. The summed E-state index contributed by atoms with van der Waals surface area (Å²) in [7, 11) is 2.95. The molecule has 0 aliphatic carbocycles. The van der Waals surface area contributed by atoms with E-state index in [4.69, 9.17) is 30.2 Å². The third-order valence-electron chi connectivity index (χ3n) is 10.2. The van der Waals surface area contributed by atoms with Crippen LogP contribution in [0.2, 0.25) is 23.2 Å². The summed E-state index contributed by atoms with van der Waals surface area (Å²) in [6, 6.07) is 3.96. The molecule has 1 aromatic carbocycles. The smallest absolute Gasteiger partial charge is 0.229 e. The molecule has 1 spiro atoms. The summed E-state index contributed by atoms with van der Waals surface area (Å²) in [5.74, 6) is 5.03. The molecule has 0 unspecified atom stereocenters. The third kappa shape index (κ3) is 12.5. The van der Waals surface area contributed by atoms with E-state index in [0.29, 0.717) is 28.8 Å². The second-order valence-electron chi connectivity index (χ2n) is 15.2. The zero-order valence-electron chi connectivity index (χ0n) is 32.7. The van der Waals surface area contributed by atoms with Crippen molar-refractivity contribution in [2.75, 3.05) is 55.1 Å². The number of halogens is 1. The van der Waals surface area contributed by atoms with Crippen molar-refractivity contribution in [3.8, 4) is 5.75 Å². The van der Waals surface area contributed by atoms with Gasteiger partial charge in [0.05, 0.1) is 47.5 Å². The van der Waals surface area contributed by atoms with Crippen molar-refractivity contribution >= 4 is 79.4 Å². The van der Waals surface area contributed by atoms with E-state index in [2.05, 4.69) is 91.6 Å². The maximum atomic E-state index is 14.2.